The van der Waals surface area contributed by atoms with Crippen LogP contribution in [0.1, 0.15) is 19.8 Å². The van der Waals surface area contributed by atoms with Crippen molar-refractivity contribution in [1.29, 1.82) is 0 Å². The molecule has 0 aromatic carbocycles. The minimum Gasteiger partial charge on any atom is -0.347 e. The summed E-state index contributed by atoms with van der Waals surface area (Å²) in [7, 11) is 0. The first-order valence-electron chi connectivity index (χ1n) is 4.92. The van der Waals surface area contributed by atoms with Crippen molar-refractivity contribution in [2.24, 2.45) is 11.7 Å². The van der Waals surface area contributed by atoms with Gasteiger partial charge in [0.25, 0.3) is 0 Å². The minimum atomic E-state index is -0.588. The van der Waals surface area contributed by atoms with Crippen LogP contribution in [0, 0.1) is 5.92 Å². The predicted octanol–water partition coefficient (Wildman–Crippen LogP) is -1.02. The van der Waals surface area contributed by atoms with Gasteiger partial charge in [-0.05, 0) is 18.8 Å². The van der Waals surface area contributed by atoms with E-state index >= 15 is 0 Å². The average molecular weight is 199 g/mol. The Hall–Kier alpha value is -1.10. The van der Waals surface area contributed by atoms with Gasteiger partial charge in [-0.25, -0.2) is 0 Å². The molecule has 1 aliphatic rings. The largest absolute Gasteiger partial charge is 0.347 e. The number of hydrogen-bond donors (Lipinski definition) is 3. The van der Waals surface area contributed by atoms with E-state index < -0.39 is 11.8 Å². The maximum absolute atomic E-state index is 11.2. The van der Waals surface area contributed by atoms with Gasteiger partial charge in [0.05, 0.1) is 0 Å². The lowest BCUT2D eigenvalue weighted by Crippen LogP contribution is -2.49. The predicted molar refractivity (Wildman–Crippen MR) is 52.4 cm³/mol. The summed E-state index contributed by atoms with van der Waals surface area (Å²) in [5.41, 5.74) is 5.19. The molecule has 5 heteroatoms. The summed E-state index contributed by atoms with van der Waals surface area (Å²) in [4.78, 5) is 22.3. The quantitative estimate of drug-likeness (QED) is 0.508. The van der Waals surface area contributed by atoms with Crippen LogP contribution in [0.15, 0.2) is 0 Å². The lowest BCUT2D eigenvalue weighted by atomic mass is 9.82. The highest BCUT2D eigenvalue weighted by Gasteiger charge is 2.28. The highest BCUT2D eigenvalue weighted by Crippen LogP contribution is 2.25. The van der Waals surface area contributed by atoms with Crippen molar-refractivity contribution in [2.45, 2.75) is 25.8 Å². The van der Waals surface area contributed by atoms with E-state index in [2.05, 4.69) is 17.6 Å². The fourth-order valence-electron chi connectivity index (χ4n) is 1.54. The monoisotopic (exact) mass is 199 g/mol. The van der Waals surface area contributed by atoms with Gasteiger partial charge in [0.2, 0.25) is 0 Å². The summed E-state index contributed by atoms with van der Waals surface area (Å²) in [5.74, 6) is -0.474. The number of nitrogens with one attached hydrogen (secondary N) is 2. The van der Waals surface area contributed by atoms with E-state index in [9.17, 15) is 9.59 Å². The molecule has 0 heterocycles. The summed E-state index contributed by atoms with van der Waals surface area (Å²) >= 11 is 0. The van der Waals surface area contributed by atoms with E-state index in [1.807, 2.05) is 0 Å². The Balaban J connectivity index is 2.17. The van der Waals surface area contributed by atoms with Crippen molar-refractivity contribution in [1.82, 2.24) is 10.6 Å². The number of rotatable bonds is 3. The Morgan fingerprint density at radius 2 is 2.00 bits per heavy atom. The summed E-state index contributed by atoms with van der Waals surface area (Å²) in [5, 5.41) is 5.08. The molecule has 0 spiro atoms. The van der Waals surface area contributed by atoms with E-state index in [0.717, 1.165) is 12.8 Å². The molecule has 1 saturated carbocycles. The molecule has 1 fully saturated rings. The van der Waals surface area contributed by atoms with Crippen LogP contribution in [-0.2, 0) is 9.59 Å². The van der Waals surface area contributed by atoms with E-state index in [0.29, 0.717) is 19.0 Å². The number of amides is 2. The van der Waals surface area contributed by atoms with Crippen molar-refractivity contribution >= 4 is 11.8 Å². The van der Waals surface area contributed by atoms with E-state index in [-0.39, 0.29) is 6.04 Å². The third-order valence-corrected chi connectivity index (χ3v) is 2.35. The van der Waals surface area contributed by atoms with Gasteiger partial charge in [0.1, 0.15) is 0 Å². The van der Waals surface area contributed by atoms with Crippen LogP contribution in [0.4, 0.5) is 0 Å². The molecule has 80 valence electrons. The molecular weight excluding hydrogens is 182 g/mol. The molecule has 4 N–H and O–H groups in total. The van der Waals surface area contributed by atoms with Crippen LogP contribution in [0.2, 0.25) is 0 Å². The summed E-state index contributed by atoms with van der Waals surface area (Å²) in [6.07, 6.45) is 1.94. The third kappa shape index (κ3) is 2.99. The first-order valence-corrected chi connectivity index (χ1v) is 4.92. The van der Waals surface area contributed by atoms with Crippen LogP contribution in [0.3, 0.4) is 0 Å². The van der Waals surface area contributed by atoms with E-state index in [4.69, 9.17) is 5.73 Å². The molecule has 1 aliphatic carbocycles. The number of hydrogen-bond acceptors (Lipinski definition) is 3. The summed E-state index contributed by atoms with van der Waals surface area (Å²) < 4.78 is 0. The van der Waals surface area contributed by atoms with Crippen LogP contribution in [0.25, 0.3) is 0 Å². The van der Waals surface area contributed by atoms with Gasteiger partial charge in [-0.2, -0.15) is 0 Å². The molecule has 14 heavy (non-hydrogen) atoms. The van der Waals surface area contributed by atoms with E-state index in [1.54, 1.807) is 0 Å². The van der Waals surface area contributed by atoms with Gasteiger partial charge in [0, 0.05) is 19.1 Å². The second-order valence-corrected chi connectivity index (χ2v) is 3.79. The average Bonchev–Trinajstić information content (AvgIpc) is 2.11. The van der Waals surface area contributed by atoms with Gasteiger partial charge in [-0.1, -0.05) is 6.92 Å². The SMILES string of the molecule is CC1CC(NC(=O)C(=O)NCCN)C1. The molecule has 0 bridgehead atoms. The zero-order valence-corrected chi connectivity index (χ0v) is 8.38. The van der Waals surface area contributed by atoms with Gasteiger partial charge in [-0.3, -0.25) is 9.59 Å². The summed E-state index contributed by atoms with van der Waals surface area (Å²) in [6.45, 7) is 2.81. The Morgan fingerprint density at radius 1 is 1.36 bits per heavy atom. The number of nitrogens with two attached hydrogens (primary N) is 1. The Morgan fingerprint density at radius 3 is 2.50 bits per heavy atom. The Bertz CT molecular complexity index is 224. The van der Waals surface area contributed by atoms with Crippen LogP contribution in [0.5, 0.6) is 0 Å². The fraction of sp³-hybridized carbons (Fsp3) is 0.778. The minimum absolute atomic E-state index is 0.182. The highest BCUT2D eigenvalue weighted by atomic mass is 16.2. The fourth-order valence-corrected chi connectivity index (χ4v) is 1.54. The molecule has 5 nitrogen and oxygen atoms in total. The molecular formula is C9H17N3O2. The Kier molecular flexibility index (Phi) is 3.88. The van der Waals surface area contributed by atoms with Crippen molar-refractivity contribution in [3.05, 3.63) is 0 Å². The Labute approximate surface area is 83.4 Å². The normalized spacial score (nSPS) is 25.0. The molecule has 0 radical (unpaired) electrons. The van der Waals surface area contributed by atoms with E-state index in [1.165, 1.54) is 0 Å². The van der Waals surface area contributed by atoms with Gasteiger partial charge in [-0.15, -0.1) is 0 Å². The molecule has 0 aromatic rings. The zero-order valence-electron chi connectivity index (χ0n) is 8.38. The highest BCUT2D eigenvalue weighted by molar-refractivity contribution is 6.35. The summed E-state index contributed by atoms with van der Waals surface area (Å²) in [6, 6.07) is 0.182. The van der Waals surface area contributed by atoms with Crippen LogP contribution in [-0.4, -0.2) is 30.9 Å². The molecule has 0 aliphatic heterocycles. The van der Waals surface area contributed by atoms with Gasteiger partial charge in [0.15, 0.2) is 0 Å². The maximum Gasteiger partial charge on any atom is 0.309 e. The lowest BCUT2D eigenvalue weighted by Gasteiger charge is -2.32. The van der Waals surface area contributed by atoms with Crippen molar-refractivity contribution in [3.63, 3.8) is 0 Å². The van der Waals surface area contributed by atoms with Crippen molar-refractivity contribution in [3.8, 4) is 0 Å². The van der Waals surface area contributed by atoms with Crippen LogP contribution >= 0.6 is 0 Å². The van der Waals surface area contributed by atoms with Crippen LogP contribution < -0.4 is 16.4 Å². The maximum atomic E-state index is 11.2. The van der Waals surface area contributed by atoms with Gasteiger partial charge < -0.3 is 16.4 Å². The molecule has 0 atom stereocenters. The number of carbonyl (C=O) groups excluding carboxylic acids is 2. The second-order valence-electron chi connectivity index (χ2n) is 3.79. The standard InChI is InChI=1S/C9H17N3O2/c1-6-4-7(5-6)12-9(14)8(13)11-3-2-10/h6-7H,2-5,10H2,1H3,(H,11,13)(H,12,14). The first kappa shape index (κ1) is 11.0. The molecule has 0 saturated heterocycles. The molecule has 0 unspecified atom stereocenters. The molecule has 1 rings (SSSR count). The first-order chi connectivity index (χ1) is 6.63. The molecule has 0 aromatic heterocycles. The van der Waals surface area contributed by atoms with Crippen molar-refractivity contribution in [2.75, 3.05) is 13.1 Å². The number of carbonyl (C=O) groups is 2. The third-order valence-electron chi connectivity index (χ3n) is 2.35. The lowest BCUT2D eigenvalue weighted by molar-refractivity contribution is -0.140. The second kappa shape index (κ2) is 4.95. The molecule has 2 amide bonds. The topological polar surface area (TPSA) is 84.2 Å². The zero-order chi connectivity index (χ0) is 10.6. The smallest absolute Gasteiger partial charge is 0.309 e. The van der Waals surface area contributed by atoms with Crippen molar-refractivity contribution < 1.29 is 9.59 Å². The van der Waals surface area contributed by atoms with Gasteiger partial charge >= 0.3 is 11.8 Å².